The first-order chi connectivity index (χ1) is 8.86. The van der Waals surface area contributed by atoms with Crippen LogP contribution < -0.4 is 5.73 Å². The van der Waals surface area contributed by atoms with Crippen molar-refractivity contribution in [2.75, 3.05) is 13.1 Å². The van der Waals surface area contributed by atoms with Crippen molar-refractivity contribution in [3.63, 3.8) is 0 Å². The summed E-state index contributed by atoms with van der Waals surface area (Å²) in [6, 6.07) is 0. The van der Waals surface area contributed by atoms with Crippen LogP contribution in [0.4, 0.5) is 0 Å². The van der Waals surface area contributed by atoms with Crippen molar-refractivity contribution in [2.45, 2.75) is 44.4 Å². The zero-order valence-corrected chi connectivity index (χ0v) is 12.2. The number of morpholine rings is 1. The van der Waals surface area contributed by atoms with Crippen LogP contribution in [0.5, 0.6) is 0 Å². The van der Waals surface area contributed by atoms with Crippen molar-refractivity contribution in [3.05, 3.63) is 11.4 Å². The number of nitrogens with two attached hydrogens (primary N) is 1. The topological polar surface area (TPSA) is 101 Å². The van der Waals surface area contributed by atoms with Crippen molar-refractivity contribution in [3.8, 4) is 0 Å². The molecule has 0 radical (unpaired) electrons. The average Bonchev–Trinajstić information content (AvgIpc) is 2.69. The molecule has 8 heteroatoms. The van der Waals surface area contributed by atoms with Gasteiger partial charge < -0.3 is 10.5 Å². The molecule has 0 aromatic carbocycles. The maximum atomic E-state index is 12.7. The molecule has 1 aliphatic heterocycles. The molecule has 0 amide bonds. The van der Waals surface area contributed by atoms with Crippen molar-refractivity contribution in [1.82, 2.24) is 14.5 Å². The lowest BCUT2D eigenvalue weighted by atomic mass is 10.3. The molecule has 2 atom stereocenters. The van der Waals surface area contributed by atoms with E-state index in [2.05, 4.69) is 10.2 Å². The number of sulfonamides is 1. The van der Waals surface area contributed by atoms with Gasteiger partial charge in [-0.05, 0) is 20.8 Å². The molecule has 0 bridgehead atoms. The van der Waals surface area contributed by atoms with Crippen molar-refractivity contribution >= 4 is 10.0 Å². The second kappa shape index (κ2) is 5.20. The van der Waals surface area contributed by atoms with Crippen LogP contribution in [-0.2, 0) is 21.3 Å². The molecule has 0 spiro atoms. The Bertz CT molecular complexity index is 544. The van der Waals surface area contributed by atoms with E-state index in [9.17, 15) is 8.42 Å². The summed E-state index contributed by atoms with van der Waals surface area (Å²) in [4.78, 5) is 0.205. The molecule has 2 unspecified atom stereocenters. The van der Waals surface area contributed by atoms with Gasteiger partial charge in [-0.2, -0.15) is 9.40 Å². The molecule has 2 rings (SSSR count). The van der Waals surface area contributed by atoms with Crippen LogP contribution in [0.15, 0.2) is 4.90 Å². The molecule has 1 aromatic heterocycles. The summed E-state index contributed by atoms with van der Waals surface area (Å²) in [6.07, 6.45) is -0.237. The van der Waals surface area contributed by atoms with Gasteiger partial charge in [0.1, 0.15) is 4.90 Å². The number of aromatic amines is 1. The van der Waals surface area contributed by atoms with Crippen LogP contribution in [0.3, 0.4) is 0 Å². The molecule has 7 nitrogen and oxygen atoms in total. The largest absolute Gasteiger partial charge is 0.373 e. The highest BCUT2D eigenvalue weighted by Gasteiger charge is 2.35. The average molecular weight is 288 g/mol. The summed E-state index contributed by atoms with van der Waals surface area (Å²) >= 11 is 0. The highest BCUT2D eigenvalue weighted by molar-refractivity contribution is 7.89. The van der Waals surface area contributed by atoms with Crippen molar-refractivity contribution in [2.24, 2.45) is 5.73 Å². The first-order valence-electron chi connectivity index (χ1n) is 6.25. The van der Waals surface area contributed by atoms with Crippen LogP contribution in [0.1, 0.15) is 25.2 Å². The van der Waals surface area contributed by atoms with E-state index >= 15 is 0 Å². The van der Waals surface area contributed by atoms with E-state index in [1.807, 2.05) is 13.8 Å². The van der Waals surface area contributed by atoms with Gasteiger partial charge in [0.2, 0.25) is 10.0 Å². The van der Waals surface area contributed by atoms with Crippen LogP contribution in [0.25, 0.3) is 0 Å². The van der Waals surface area contributed by atoms with E-state index in [-0.39, 0.29) is 23.6 Å². The minimum Gasteiger partial charge on any atom is -0.373 e. The number of hydrogen-bond donors (Lipinski definition) is 2. The summed E-state index contributed by atoms with van der Waals surface area (Å²) in [5, 5.41) is 6.64. The summed E-state index contributed by atoms with van der Waals surface area (Å²) in [5.41, 5.74) is 6.45. The van der Waals surface area contributed by atoms with Gasteiger partial charge in [0.25, 0.3) is 0 Å². The lowest BCUT2D eigenvalue weighted by Crippen LogP contribution is -2.48. The molecule has 1 aliphatic rings. The number of hydrogen-bond acceptors (Lipinski definition) is 5. The maximum Gasteiger partial charge on any atom is 0.246 e. The lowest BCUT2D eigenvalue weighted by Gasteiger charge is -2.34. The van der Waals surface area contributed by atoms with E-state index in [1.54, 1.807) is 6.92 Å². The summed E-state index contributed by atoms with van der Waals surface area (Å²) in [7, 11) is -3.58. The quantitative estimate of drug-likeness (QED) is 0.813. The van der Waals surface area contributed by atoms with Gasteiger partial charge in [-0.1, -0.05) is 0 Å². The summed E-state index contributed by atoms with van der Waals surface area (Å²) in [6.45, 7) is 6.21. The Hall–Kier alpha value is -0.960. The Morgan fingerprint density at radius 1 is 1.42 bits per heavy atom. The lowest BCUT2D eigenvalue weighted by molar-refractivity contribution is -0.0441. The molecule has 3 N–H and O–H groups in total. The predicted molar refractivity (Wildman–Crippen MR) is 70.0 cm³/mol. The van der Waals surface area contributed by atoms with Crippen LogP contribution in [0, 0.1) is 6.92 Å². The second-order valence-electron chi connectivity index (χ2n) is 4.91. The van der Waals surface area contributed by atoms with Gasteiger partial charge in [0.15, 0.2) is 0 Å². The standard InChI is InChI=1S/C11H20N4O3S/c1-7-5-15(6-8(2)18-7)19(16,17)11-9(3)13-14-10(11)4-12/h7-8H,4-6,12H2,1-3H3,(H,13,14). The summed E-state index contributed by atoms with van der Waals surface area (Å²) < 4.78 is 32.4. The zero-order chi connectivity index (χ0) is 14.2. The molecule has 108 valence electrons. The normalized spacial score (nSPS) is 25.7. The molecule has 0 aliphatic carbocycles. The fourth-order valence-corrected chi connectivity index (χ4v) is 4.34. The third kappa shape index (κ3) is 2.66. The SMILES string of the molecule is Cc1[nH]nc(CN)c1S(=O)(=O)N1CC(C)OC(C)C1. The Morgan fingerprint density at radius 2 is 2.00 bits per heavy atom. The molecular weight excluding hydrogens is 268 g/mol. The van der Waals surface area contributed by atoms with Crippen LogP contribution in [0.2, 0.25) is 0 Å². The van der Waals surface area contributed by atoms with E-state index in [4.69, 9.17) is 10.5 Å². The fourth-order valence-electron chi connectivity index (χ4n) is 2.41. The minimum absolute atomic E-state index is 0.0916. The monoisotopic (exact) mass is 288 g/mol. The molecule has 1 aromatic rings. The van der Waals surface area contributed by atoms with Crippen LogP contribution >= 0.6 is 0 Å². The van der Waals surface area contributed by atoms with Gasteiger partial charge >= 0.3 is 0 Å². The Kier molecular flexibility index (Phi) is 3.95. The predicted octanol–water partition coefficient (Wildman–Crippen LogP) is -0.0253. The van der Waals surface area contributed by atoms with Crippen molar-refractivity contribution < 1.29 is 13.2 Å². The van der Waals surface area contributed by atoms with Gasteiger partial charge in [-0.25, -0.2) is 8.42 Å². The second-order valence-corrected chi connectivity index (χ2v) is 6.78. The molecular formula is C11H20N4O3S. The molecule has 1 fully saturated rings. The van der Waals surface area contributed by atoms with Crippen molar-refractivity contribution in [1.29, 1.82) is 0 Å². The Balaban J connectivity index is 2.39. The van der Waals surface area contributed by atoms with Gasteiger partial charge in [0.05, 0.1) is 23.6 Å². The fraction of sp³-hybridized carbons (Fsp3) is 0.727. The summed E-state index contributed by atoms with van der Waals surface area (Å²) in [5.74, 6) is 0. The third-order valence-electron chi connectivity index (χ3n) is 3.14. The number of nitrogens with one attached hydrogen (secondary N) is 1. The van der Waals surface area contributed by atoms with E-state index in [0.29, 0.717) is 24.5 Å². The molecule has 0 saturated carbocycles. The molecule has 1 saturated heterocycles. The first kappa shape index (κ1) is 14.4. The van der Waals surface area contributed by atoms with E-state index in [1.165, 1.54) is 4.31 Å². The first-order valence-corrected chi connectivity index (χ1v) is 7.69. The minimum atomic E-state index is -3.58. The van der Waals surface area contributed by atoms with Gasteiger partial charge in [0, 0.05) is 19.6 Å². The van der Waals surface area contributed by atoms with Gasteiger partial charge in [-0.15, -0.1) is 0 Å². The van der Waals surface area contributed by atoms with Crippen LogP contribution in [-0.4, -0.2) is 48.2 Å². The molecule has 19 heavy (non-hydrogen) atoms. The highest BCUT2D eigenvalue weighted by Crippen LogP contribution is 2.25. The number of nitrogens with zero attached hydrogens (tertiary/aromatic N) is 2. The number of aromatic nitrogens is 2. The van der Waals surface area contributed by atoms with Gasteiger partial charge in [-0.3, -0.25) is 5.10 Å². The Labute approximate surface area is 113 Å². The van der Waals surface area contributed by atoms with E-state index in [0.717, 1.165) is 0 Å². The Morgan fingerprint density at radius 3 is 2.53 bits per heavy atom. The highest BCUT2D eigenvalue weighted by atomic mass is 32.2. The number of H-pyrrole nitrogens is 1. The zero-order valence-electron chi connectivity index (χ0n) is 11.4. The smallest absolute Gasteiger partial charge is 0.246 e. The number of rotatable bonds is 3. The van der Waals surface area contributed by atoms with E-state index < -0.39 is 10.0 Å². The number of aryl methyl sites for hydroxylation is 1. The third-order valence-corrected chi connectivity index (χ3v) is 5.17. The number of ether oxygens (including phenoxy) is 1. The molecule has 2 heterocycles. The maximum absolute atomic E-state index is 12.7.